The Labute approximate surface area is 174 Å². The number of nitro groups is 1. The van der Waals surface area contributed by atoms with Crippen LogP contribution in [0.4, 0.5) is 5.69 Å². The van der Waals surface area contributed by atoms with Crippen LogP contribution < -0.4 is 5.43 Å². The summed E-state index contributed by atoms with van der Waals surface area (Å²) in [6.45, 7) is 1.84. The second kappa shape index (κ2) is 8.09. The lowest BCUT2D eigenvalue weighted by Gasteiger charge is -2.16. The molecule has 1 fully saturated rings. The van der Waals surface area contributed by atoms with Gasteiger partial charge in [-0.3, -0.25) is 25.1 Å². The van der Waals surface area contributed by atoms with E-state index in [0.29, 0.717) is 5.56 Å². The molecule has 1 heterocycles. The molecule has 10 heteroatoms. The summed E-state index contributed by atoms with van der Waals surface area (Å²) in [6, 6.07) is 10.8. The second-order valence-corrected chi connectivity index (χ2v) is 7.88. The number of amides is 2. The first-order chi connectivity index (χ1) is 13.3. The number of hydrogen-bond donors (Lipinski definition) is 1. The molecule has 142 valence electrons. The molecule has 28 heavy (non-hydrogen) atoms. The first-order valence-electron chi connectivity index (χ1n) is 7.86. The normalized spacial score (nSPS) is 15.2. The van der Waals surface area contributed by atoms with E-state index in [1.54, 1.807) is 24.3 Å². The Hall–Kier alpha value is -2.75. The molecule has 0 bridgehead atoms. The van der Waals surface area contributed by atoms with E-state index in [-0.39, 0.29) is 25.5 Å². The van der Waals surface area contributed by atoms with Gasteiger partial charge in [-0.05, 0) is 48.5 Å². The fourth-order valence-electron chi connectivity index (χ4n) is 2.41. The minimum Gasteiger partial charge on any atom is -0.267 e. The lowest BCUT2D eigenvalue weighted by molar-refractivity contribution is -0.384. The van der Waals surface area contributed by atoms with Gasteiger partial charge in [-0.1, -0.05) is 41.6 Å². The molecule has 0 aromatic heterocycles. The second-order valence-electron chi connectivity index (χ2n) is 5.79. The lowest BCUT2D eigenvalue weighted by Crippen LogP contribution is -2.44. The van der Waals surface area contributed by atoms with Crippen LogP contribution in [0.3, 0.4) is 0 Å². The van der Waals surface area contributed by atoms with Gasteiger partial charge in [-0.15, -0.1) is 0 Å². The van der Waals surface area contributed by atoms with Crippen molar-refractivity contribution in [2.24, 2.45) is 0 Å². The maximum Gasteiger partial charge on any atom is 0.285 e. The summed E-state index contributed by atoms with van der Waals surface area (Å²) in [5, 5.41) is 12.1. The van der Waals surface area contributed by atoms with Crippen molar-refractivity contribution in [3.05, 3.63) is 79.2 Å². The zero-order valence-corrected chi connectivity index (χ0v) is 16.7. The number of carbonyl (C=O) groups is 2. The SMILES string of the molecule is Cc1ccc(C(=O)NN2C(=O)/C(=C\c3cccc([N+](=O)[O-])c3)SC2=S)c(Cl)c1. The predicted molar refractivity (Wildman–Crippen MR) is 112 cm³/mol. The number of hydrazine groups is 1. The zero-order valence-electron chi connectivity index (χ0n) is 14.3. The number of thioether (sulfide) groups is 1. The lowest BCUT2D eigenvalue weighted by atomic mass is 10.1. The molecule has 1 saturated heterocycles. The summed E-state index contributed by atoms with van der Waals surface area (Å²) >= 11 is 12.2. The zero-order chi connectivity index (χ0) is 20.4. The molecule has 1 N–H and O–H groups in total. The highest BCUT2D eigenvalue weighted by Gasteiger charge is 2.34. The third kappa shape index (κ3) is 4.22. The van der Waals surface area contributed by atoms with Crippen LogP contribution in [0, 0.1) is 17.0 Å². The number of thiocarbonyl (C=S) groups is 1. The molecule has 0 unspecified atom stereocenters. The third-order valence-electron chi connectivity index (χ3n) is 3.76. The smallest absolute Gasteiger partial charge is 0.267 e. The van der Waals surface area contributed by atoms with Gasteiger partial charge < -0.3 is 0 Å². The van der Waals surface area contributed by atoms with Crippen LogP contribution in [0.2, 0.25) is 5.02 Å². The molecular formula is C18H12ClN3O4S2. The van der Waals surface area contributed by atoms with E-state index in [2.05, 4.69) is 5.43 Å². The Morgan fingerprint density at radius 3 is 2.75 bits per heavy atom. The van der Waals surface area contributed by atoms with Gasteiger partial charge in [0.15, 0.2) is 4.32 Å². The molecule has 2 aromatic carbocycles. The topological polar surface area (TPSA) is 92.6 Å². The van der Waals surface area contributed by atoms with Gasteiger partial charge in [0.25, 0.3) is 17.5 Å². The highest BCUT2D eigenvalue weighted by atomic mass is 35.5. The van der Waals surface area contributed by atoms with Crippen molar-refractivity contribution < 1.29 is 14.5 Å². The van der Waals surface area contributed by atoms with Gasteiger partial charge in [-0.25, -0.2) is 0 Å². The number of hydrogen-bond acceptors (Lipinski definition) is 6. The first kappa shape index (κ1) is 20.0. The van der Waals surface area contributed by atoms with Crippen molar-refractivity contribution in [3.8, 4) is 0 Å². The minimum atomic E-state index is -0.571. The average Bonchev–Trinajstić information content (AvgIpc) is 2.89. The number of nitro benzene ring substituents is 1. The fraction of sp³-hybridized carbons (Fsp3) is 0.0556. The number of non-ortho nitro benzene ring substituents is 1. The van der Waals surface area contributed by atoms with Crippen LogP contribution in [0.5, 0.6) is 0 Å². The highest BCUT2D eigenvalue weighted by molar-refractivity contribution is 8.26. The molecule has 2 amide bonds. The largest absolute Gasteiger partial charge is 0.285 e. The van der Waals surface area contributed by atoms with E-state index in [4.69, 9.17) is 23.8 Å². The summed E-state index contributed by atoms with van der Waals surface area (Å²) in [5.41, 5.74) is 3.94. The van der Waals surface area contributed by atoms with Crippen molar-refractivity contribution in [2.75, 3.05) is 0 Å². The number of rotatable bonds is 4. The molecule has 2 aromatic rings. The van der Waals surface area contributed by atoms with E-state index in [0.717, 1.165) is 22.3 Å². The number of aryl methyl sites for hydroxylation is 1. The van der Waals surface area contributed by atoms with Gasteiger partial charge in [0.2, 0.25) is 0 Å². The molecule has 1 aliphatic heterocycles. The molecule has 0 atom stereocenters. The molecule has 7 nitrogen and oxygen atoms in total. The van der Waals surface area contributed by atoms with Crippen LogP contribution in [0.15, 0.2) is 47.4 Å². The van der Waals surface area contributed by atoms with Crippen molar-refractivity contribution in [1.82, 2.24) is 10.4 Å². The van der Waals surface area contributed by atoms with E-state index in [9.17, 15) is 19.7 Å². The molecule has 0 saturated carbocycles. The van der Waals surface area contributed by atoms with Crippen LogP contribution in [0.1, 0.15) is 21.5 Å². The fourth-order valence-corrected chi connectivity index (χ4v) is 3.91. The van der Waals surface area contributed by atoms with E-state index in [1.165, 1.54) is 24.3 Å². The summed E-state index contributed by atoms with van der Waals surface area (Å²) in [7, 11) is 0. The Bertz CT molecular complexity index is 1050. The van der Waals surface area contributed by atoms with Gasteiger partial charge in [-0.2, -0.15) is 5.01 Å². The minimum absolute atomic E-state index is 0.0912. The van der Waals surface area contributed by atoms with Gasteiger partial charge in [0.1, 0.15) is 0 Å². The first-order valence-corrected chi connectivity index (χ1v) is 9.46. The molecule has 0 radical (unpaired) electrons. The van der Waals surface area contributed by atoms with Gasteiger partial charge in [0.05, 0.1) is 20.4 Å². The average molecular weight is 434 g/mol. The maximum atomic E-state index is 12.6. The van der Waals surface area contributed by atoms with Crippen molar-refractivity contribution in [3.63, 3.8) is 0 Å². The Morgan fingerprint density at radius 2 is 2.07 bits per heavy atom. The maximum absolute atomic E-state index is 12.6. The number of nitrogens with zero attached hydrogens (tertiary/aromatic N) is 2. The Balaban J connectivity index is 1.81. The standard InChI is InChI=1S/C18H12ClN3O4S2/c1-10-5-6-13(14(19)7-10)16(23)20-21-17(24)15(28-18(21)27)9-11-3-2-4-12(8-11)22(25)26/h2-9H,1H3,(H,20,23)/b15-9+. The number of carbonyl (C=O) groups excluding carboxylic acids is 2. The monoisotopic (exact) mass is 433 g/mol. The van der Waals surface area contributed by atoms with Crippen LogP contribution in [0.25, 0.3) is 6.08 Å². The predicted octanol–water partition coefficient (Wildman–Crippen LogP) is 4.10. The summed E-state index contributed by atoms with van der Waals surface area (Å²) in [4.78, 5) is 35.7. The summed E-state index contributed by atoms with van der Waals surface area (Å²) in [5.74, 6) is -1.10. The quantitative estimate of drug-likeness (QED) is 0.337. The number of halogens is 1. The molecular weight excluding hydrogens is 422 g/mol. The Morgan fingerprint density at radius 1 is 1.32 bits per heavy atom. The van der Waals surface area contributed by atoms with Crippen LogP contribution in [-0.2, 0) is 4.79 Å². The van der Waals surface area contributed by atoms with E-state index >= 15 is 0 Å². The van der Waals surface area contributed by atoms with E-state index in [1.807, 2.05) is 6.92 Å². The van der Waals surface area contributed by atoms with Crippen molar-refractivity contribution in [2.45, 2.75) is 6.92 Å². The van der Waals surface area contributed by atoms with Crippen molar-refractivity contribution >= 4 is 63.5 Å². The van der Waals surface area contributed by atoms with E-state index < -0.39 is 16.7 Å². The summed E-state index contributed by atoms with van der Waals surface area (Å²) in [6.07, 6.45) is 1.48. The molecule has 1 aliphatic rings. The summed E-state index contributed by atoms with van der Waals surface area (Å²) < 4.78 is 0.137. The number of benzene rings is 2. The molecule has 0 aliphatic carbocycles. The van der Waals surface area contributed by atoms with Gasteiger partial charge in [0, 0.05) is 12.1 Å². The van der Waals surface area contributed by atoms with Crippen molar-refractivity contribution in [1.29, 1.82) is 0 Å². The highest BCUT2D eigenvalue weighted by Crippen LogP contribution is 2.32. The Kier molecular flexibility index (Phi) is 5.78. The number of nitrogens with one attached hydrogen (secondary N) is 1. The third-order valence-corrected chi connectivity index (χ3v) is 5.37. The van der Waals surface area contributed by atoms with Gasteiger partial charge >= 0.3 is 0 Å². The molecule has 3 rings (SSSR count). The molecule has 0 spiro atoms. The van der Waals surface area contributed by atoms with Crippen LogP contribution >= 0.6 is 35.6 Å². The van der Waals surface area contributed by atoms with Crippen LogP contribution in [-0.4, -0.2) is 26.1 Å².